The molecule has 1 saturated carbocycles. The molecule has 0 amide bonds. The molecule has 0 radical (unpaired) electrons. The van der Waals surface area contributed by atoms with E-state index in [1.54, 1.807) is 6.07 Å². The maximum Gasteiger partial charge on any atom is 0.124 e. The molecule has 0 saturated heterocycles. The number of benzene rings is 1. The van der Waals surface area contributed by atoms with Crippen LogP contribution in [0, 0.1) is 11.7 Å². The first kappa shape index (κ1) is 11.9. The molecule has 1 aliphatic rings. The summed E-state index contributed by atoms with van der Waals surface area (Å²) >= 11 is 5.95. The van der Waals surface area contributed by atoms with Crippen LogP contribution < -0.4 is 5.73 Å². The minimum atomic E-state index is -0.291. The quantitative estimate of drug-likeness (QED) is 0.839. The molecule has 0 bridgehead atoms. The molecule has 3 heteroatoms. The monoisotopic (exact) mass is 241 g/mol. The lowest BCUT2D eigenvalue weighted by molar-refractivity contribution is 0.550. The van der Waals surface area contributed by atoms with Crippen LogP contribution in [0.5, 0.6) is 0 Å². The second-order valence-corrected chi connectivity index (χ2v) is 5.13. The van der Waals surface area contributed by atoms with Gasteiger partial charge in [-0.15, -0.1) is 0 Å². The molecule has 88 valence electrons. The van der Waals surface area contributed by atoms with E-state index >= 15 is 0 Å². The fourth-order valence-corrected chi connectivity index (χ4v) is 2.17. The SMILES string of the molecule is NC(CCC1CC1)Cc1ccc(F)cc1Cl. The Kier molecular flexibility index (Phi) is 3.82. The first-order valence-corrected chi connectivity index (χ1v) is 6.22. The topological polar surface area (TPSA) is 26.0 Å². The summed E-state index contributed by atoms with van der Waals surface area (Å²) in [5, 5.41) is 0.488. The molecule has 2 rings (SSSR count). The Labute approximate surface area is 101 Å². The van der Waals surface area contributed by atoms with Crippen molar-refractivity contribution in [2.75, 3.05) is 0 Å². The smallest absolute Gasteiger partial charge is 0.124 e. The van der Waals surface area contributed by atoms with Crippen LogP contribution in [0.1, 0.15) is 31.2 Å². The van der Waals surface area contributed by atoms with Crippen LogP contribution in [0.25, 0.3) is 0 Å². The summed E-state index contributed by atoms with van der Waals surface area (Å²) in [4.78, 5) is 0. The molecule has 2 N–H and O–H groups in total. The number of rotatable bonds is 5. The Morgan fingerprint density at radius 1 is 1.44 bits per heavy atom. The Morgan fingerprint density at radius 2 is 2.19 bits per heavy atom. The van der Waals surface area contributed by atoms with E-state index in [1.165, 1.54) is 31.4 Å². The van der Waals surface area contributed by atoms with Crippen LogP contribution in [0.15, 0.2) is 18.2 Å². The van der Waals surface area contributed by atoms with Crippen LogP contribution in [-0.2, 0) is 6.42 Å². The number of halogens is 2. The van der Waals surface area contributed by atoms with E-state index in [0.29, 0.717) is 5.02 Å². The summed E-state index contributed by atoms with van der Waals surface area (Å²) in [6, 6.07) is 4.66. The predicted molar refractivity (Wildman–Crippen MR) is 65.0 cm³/mol. The zero-order valence-electron chi connectivity index (χ0n) is 9.26. The van der Waals surface area contributed by atoms with Crippen molar-refractivity contribution in [2.24, 2.45) is 11.7 Å². The van der Waals surface area contributed by atoms with E-state index in [-0.39, 0.29) is 11.9 Å². The van der Waals surface area contributed by atoms with Gasteiger partial charge in [-0.2, -0.15) is 0 Å². The molecule has 0 aromatic heterocycles. The van der Waals surface area contributed by atoms with Crippen molar-refractivity contribution in [1.29, 1.82) is 0 Å². The van der Waals surface area contributed by atoms with Crippen molar-refractivity contribution >= 4 is 11.6 Å². The summed E-state index contributed by atoms with van der Waals surface area (Å²) in [5.41, 5.74) is 6.99. The summed E-state index contributed by atoms with van der Waals surface area (Å²) < 4.78 is 12.8. The molecule has 1 nitrogen and oxygen atoms in total. The van der Waals surface area contributed by atoms with Gasteiger partial charge in [0.05, 0.1) is 0 Å². The van der Waals surface area contributed by atoms with Crippen molar-refractivity contribution in [3.63, 3.8) is 0 Å². The molecule has 1 atom stereocenters. The van der Waals surface area contributed by atoms with E-state index in [1.807, 2.05) is 0 Å². The highest BCUT2D eigenvalue weighted by Crippen LogP contribution is 2.34. The van der Waals surface area contributed by atoms with Crippen LogP contribution in [0.3, 0.4) is 0 Å². The van der Waals surface area contributed by atoms with Gasteiger partial charge in [0.2, 0.25) is 0 Å². The second kappa shape index (κ2) is 5.15. The zero-order chi connectivity index (χ0) is 11.5. The van der Waals surface area contributed by atoms with Crippen LogP contribution >= 0.6 is 11.6 Å². The highest BCUT2D eigenvalue weighted by Gasteiger charge is 2.21. The maximum absolute atomic E-state index is 12.8. The fourth-order valence-electron chi connectivity index (χ4n) is 1.93. The van der Waals surface area contributed by atoms with E-state index in [9.17, 15) is 4.39 Å². The molecule has 1 aromatic carbocycles. The highest BCUT2D eigenvalue weighted by atomic mass is 35.5. The van der Waals surface area contributed by atoms with Gasteiger partial charge < -0.3 is 5.73 Å². The lowest BCUT2D eigenvalue weighted by atomic mass is 10.0. The van der Waals surface area contributed by atoms with Gasteiger partial charge in [0.25, 0.3) is 0 Å². The summed E-state index contributed by atoms with van der Waals surface area (Å²) in [6.45, 7) is 0. The molecule has 0 spiro atoms. The molecule has 1 unspecified atom stereocenters. The third kappa shape index (κ3) is 3.46. The number of hydrogen-bond acceptors (Lipinski definition) is 1. The standard InChI is InChI=1S/C13H17ClFN/c14-13-8-11(15)5-4-10(13)7-12(16)6-3-9-1-2-9/h4-5,8-9,12H,1-3,6-7,16H2. The number of nitrogens with two attached hydrogens (primary N) is 1. The summed E-state index contributed by atoms with van der Waals surface area (Å²) in [7, 11) is 0. The first-order valence-electron chi connectivity index (χ1n) is 5.84. The Bertz CT molecular complexity index is 363. The van der Waals surface area contributed by atoms with Crippen LogP contribution in [0.4, 0.5) is 4.39 Å². The largest absolute Gasteiger partial charge is 0.327 e. The van der Waals surface area contributed by atoms with Gasteiger partial charge in [-0.1, -0.05) is 30.5 Å². The van der Waals surface area contributed by atoms with E-state index in [4.69, 9.17) is 17.3 Å². The predicted octanol–water partition coefficient (Wildman–Crippen LogP) is 3.54. The van der Waals surface area contributed by atoms with Crippen molar-refractivity contribution in [3.05, 3.63) is 34.6 Å². The molecular weight excluding hydrogens is 225 g/mol. The Morgan fingerprint density at radius 3 is 2.81 bits per heavy atom. The third-order valence-electron chi connectivity index (χ3n) is 3.14. The minimum Gasteiger partial charge on any atom is -0.327 e. The minimum absolute atomic E-state index is 0.142. The molecule has 1 fully saturated rings. The van der Waals surface area contributed by atoms with Crippen LogP contribution in [0.2, 0.25) is 5.02 Å². The van der Waals surface area contributed by atoms with Gasteiger partial charge in [-0.05, 0) is 42.9 Å². The fraction of sp³-hybridized carbons (Fsp3) is 0.538. The molecule has 1 aliphatic carbocycles. The van der Waals surface area contributed by atoms with Gasteiger partial charge in [0.15, 0.2) is 0 Å². The molecular formula is C13H17ClFN. The second-order valence-electron chi connectivity index (χ2n) is 4.72. The lowest BCUT2D eigenvalue weighted by Gasteiger charge is -2.12. The number of hydrogen-bond donors (Lipinski definition) is 1. The average molecular weight is 242 g/mol. The van der Waals surface area contributed by atoms with Crippen molar-refractivity contribution in [3.8, 4) is 0 Å². The van der Waals surface area contributed by atoms with Crippen molar-refractivity contribution < 1.29 is 4.39 Å². The summed E-state index contributed by atoms with van der Waals surface area (Å²) in [6.07, 6.45) is 5.73. The average Bonchev–Trinajstić information content (AvgIpc) is 3.03. The maximum atomic E-state index is 12.8. The molecule has 0 heterocycles. The van der Waals surface area contributed by atoms with E-state index in [2.05, 4.69) is 0 Å². The summed E-state index contributed by atoms with van der Waals surface area (Å²) in [5.74, 6) is 0.620. The normalized spacial score (nSPS) is 17.4. The lowest BCUT2D eigenvalue weighted by Crippen LogP contribution is -2.23. The van der Waals surface area contributed by atoms with Gasteiger partial charge in [0.1, 0.15) is 5.82 Å². The van der Waals surface area contributed by atoms with E-state index in [0.717, 1.165) is 24.3 Å². The van der Waals surface area contributed by atoms with Crippen molar-refractivity contribution in [2.45, 2.75) is 38.1 Å². The van der Waals surface area contributed by atoms with Gasteiger partial charge >= 0.3 is 0 Å². The molecule has 0 aliphatic heterocycles. The zero-order valence-corrected chi connectivity index (χ0v) is 10.0. The molecule has 16 heavy (non-hydrogen) atoms. The first-order chi connectivity index (χ1) is 7.65. The Balaban J connectivity index is 1.86. The van der Waals surface area contributed by atoms with E-state index < -0.39 is 0 Å². The van der Waals surface area contributed by atoms with Gasteiger partial charge in [-0.25, -0.2) is 4.39 Å². The van der Waals surface area contributed by atoms with Crippen molar-refractivity contribution in [1.82, 2.24) is 0 Å². The molecule has 1 aromatic rings. The van der Waals surface area contributed by atoms with Gasteiger partial charge in [-0.3, -0.25) is 0 Å². The van der Waals surface area contributed by atoms with Crippen LogP contribution in [-0.4, -0.2) is 6.04 Å². The third-order valence-corrected chi connectivity index (χ3v) is 3.49. The Hall–Kier alpha value is -0.600. The van der Waals surface area contributed by atoms with Gasteiger partial charge in [0, 0.05) is 11.1 Å². The highest BCUT2D eigenvalue weighted by molar-refractivity contribution is 6.31.